The lowest BCUT2D eigenvalue weighted by molar-refractivity contribution is -0.117. The smallest absolute Gasteiger partial charge is 0.178 e. The summed E-state index contributed by atoms with van der Waals surface area (Å²) >= 11 is 12.3. The number of sulfone groups is 1. The maximum Gasteiger partial charge on any atom is 0.178 e. The summed E-state index contributed by atoms with van der Waals surface area (Å²) in [5.74, 6) is -0.529. The molecule has 4 nitrogen and oxygen atoms in total. The highest BCUT2D eigenvalue weighted by atomic mass is 35.5. The Kier molecular flexibility index (Phi) is 7.04. The van der Waals surface area contributed by atoms with Crippen LogP contribution in [-0.4, -0.2) is 20.0 Å². The molecule has 4 rings (SSSR count). The Labute approximate surface area is 208 Å². The molecule has 3 aromatic rings. The zero-order valence-corrected chi connectivity index (χ0v) is 20.8. The van der Waals surface area contributed by atoms with Crippen LogP contribution in [0.4, 0.5) is 4.39 Å². The second kappa shape index (κ2) is 9.68. The number of rotatable bonds is 9. The third-order valence-corrected chi connectivity index (χ3v) is 8.19. The molecule has 0 N–H and O–H groups in total. The van der Waals surface area contributed by atoms with Crippen LogP contribution in [0.2, 0.25) is 10.0 Å². The first kappa shape index (κ1) is 24.7. The number of ketones is 1. The minimum atomic E-state index is -3.28. The SMILES string of the molecule is CCS(=O)(=O)c1ccc(CC(=O)Cc2ccc(OC3(c4ccc(Cl)cc4Cl)CC3)c(F)c2)cc1. The highest BCUT2D eigenvalue weighted by Crippen LogP contribution is 2.52. The fourth-order valence-corrected chi connectivity index (χ4v) is 5.31. The number of benzene rings is 3. The lowest BCUT2D eigenvalue weighted by atomic mass is 10.0. The van der Waals surface area contributed by atoms with Gasteiger partial charge in [-0.3, -0.25) is 4.79 Å². The van der Waals surface area contributed by atoms with Crippen molar-refractivity contribution in [2.24, 2.45) is 0 Å². The standard InChI is InChI=1S/C26H23Cl2FO4S/c1-2-34(31,32)21-7-3-17(4-8-21)13-20(30)14-18-5-10-25(24(29)15-18)33-26(11-12-26)22-9-6-19(27)16-23(22)28/h3-10,15-16H,2,11-14H2,1H3. The Hall–Kier alpha value is -2.41. The van der Waals surface area contributed by atoms with Crippen LogP contribution in [0.1, 0.15) is 36.5 Å². The number of halogens is 3. The second-order valence-corrected chi connectivity index (χ2v) is 11.5. The zero-order chi connectivity index (χ0) is 24.5. The van der Waals surface area contributed by atoms with Gasteiger partial charge in [0, 0.05) is 28.5 Å². The molecule has 0 aliphatic heterocycles. The summed E-state index contributed by atoms with van der Waals surface area (Å²) in [6.07, 6.45) is 1.61. The van der Waals surface area contributed by atoms with Crippen LogP contribution in [0, 0.1) is 5.82 Å². The molecular weight excluding hydrogens is 498 g/mol. The van der Waals surface area contributed by atoms with Gasteiger partial charge in [-0.1, -0.05) is 54.4 Å². The van der Waals surface area contributed by atoms with Gasteiger partial charge in [-0.15, -0.1) is 0 Å². The van der Waals surface area contributed by atoms with Gasteiger partial charge in [0.25, 0.3) is 0 Å². The maximum absolute atomic E-state index is 14.8. The summed E-state index contributed by atoms with van der Waals surface area (Å²) in [5, 5.41) is 1.000. The molecule has 0 unspecified atom stereocenters. The van der Waals surface area contributed by atoms with E-state index < -0.39 is 21.3 Å². The van der Waals surface area contributed by atoms with Gasteiger partial charge >= 0.3 is 0 Å². The molecule has 1 fully saturated rings. The molecule has 34 heavy (non-hydrogen) atoms. The van der Waals surface area contributed by atoms with Crippen LogP contribution < -0.4 is 4.74 Å². The molecule has 1 saturated carbocycles. The van der Waals surface area contributed by atoms with E-state index in [1.54, 1.807) is 43.3 Å². The third kappa shape index (κ3) is 5.45. The van der Waals surface area contributed by atoms with E-state index in [1.807, 2.05) is 0 Å². The molecule has 3 aromatic carbocycles. The Morgan fingerprint density at radius 3 is 2.21 bits per heavy atom. The van der Waals surface area contributed by atoms with Crippen molar-refractivity contribution >= 4 is 38.8 Å². The Morgan fingerprint density at radius 2 is 1.62 bits per heavy atom. The molecular formula is C26H23Cl2FO4S. The highest BCUT2D eigenvalue weighted by Gasteiger charge is 2.49. The van der Waals surface area contributed by atoms with E-state index in [4.69, 9.17) is 27.9 Å². The number of carbonyl (C=O) groups is 1. The highest BCUT2D eigenvalue weighted by molar-refractivity contribution is 7.91. The van der Waals surface area contributed by atoms with Gasteiger partial charge in [-0.05, 0) is 60.4 Å². The Morgan fingerprint density at radius 1 is 0.971 bits per heavy atom. The molecule has 8 heteroatoms. The molecule has 0 heterocycles. The van der Waals surface area contributed by atoms with Gasteiger partial charge in [0.2, 0.25) is 0 Å². The maximum atomic E-state index is 14.8. The molecule has 1 aliphatic carbocycles. The molecule has 0 radical (unpaired) electrons. The van der Waals surface area contributed by atoms with E-state index in [-0.39, 0.29) is 35.0 Å². The molecule has 178 valence electrons. The van der Waals surface area contributed by atoms with Crippen LogP contribution in [-0.2, 0) is 33.1 Å². The number of Topliss-reactive ketones (excluding diaryl/α,β-unsaturated/α-hetero) is 1. The molecule has 0 saturated heterocycles. The van der Waals surface area contributed by atoms with Gasteiger partial charge < -0.3 is 4.74 Å². The van der Waals surface area contributed by atoms with E-state index in [0.717, 1.165) is 5.56 Å². The van der Waals surface area contributed by atoms with Crippen molar-refractivity contribution in [1.29, 1.82) is 0 Å². The average Bonchev–Trinajstić information content (AvgIpc) is 3.56. The predicted octanol–water partition coefficient (Wildman–Crippen LogP) is 6.35. The minimum Gasteiger partial charge on any atom is -0.479 e. The van der Waals surface area contributed by atoms with E-state index in [0.29, 0.717) is 34.0 Å². The van der Waals surface area contributed by atoms with Crippen molar-refractivity contribution < 1.29 is 22.3 Å². The van der Waals surface area contributed by atoms with Gasteiger partial charge in [-0.25, -0.2) is 12.8 Å². The topological polar surface area (TPSA) is 60.4 Å². The molecule has 0 spiro atoms. The van der Waals surface area contributed by atoms with E-state index >= 15 is 0 Å². The molecule has 0 aromatic heterocycles. The van der Waals surface area contributed by atoms with Crippen molar-refractivity contribution in [3.05, 3.63) is 93.2 Å². The van der Waals surface area contributed by atoms with Crippen molar-refractivity contribution in [2.45, 2.75) is 43.1 Å². The number of ether oxygens (including phenoxy) is 1. The van der Waals surface area contributed by atoms with Gasteiger partial charge in [0.15, 0.2) is 21.4 Å². The van der Waals surface area contributed by atoms with Crippen molar-refractivity contribution in [3.8, 4) is 5.75 Å². The number of carbonyl (C=O) groups excluding carboxylic acids is 1. The minimum absolute atomic E-state index is 0.0183. The molecule has 0 amide bonds. The van der Waals surface area contributed by atoms with E-state index in [1.165, 1.54) is 24.3 Å². The number of hydrogen-bond acceptors (Lipinski definition) is 4. The zero-order valence-electron chi connectivity index (χ0n) is 18.5. The summed E-state index contributed by atoms with van der Waals surface area (Å²) < 4.78 is 44.6. The third-order valence-electron chi connectivity index (χ3n) is 5.89. The van der Waals surface area contributed by atoms with Crippen molar-refractivity contribution in [2.75, 3.05) is 5.75 Å². The predicted molar refractivity (Wildman–Crippen MR) is 131 cm³/mol. The summed E-state index contributed by atoms with van der Waals surface area (Å²) in [5.41, 5.74) is 1.34. The lowest BCUT2D eigenvalue weighted by Crippen LogP contribution is -2.17. The van der Waals surface area contributed by atoms with Crippen LogP contribution in [0.5, 0.6) is 5.75 Å². The largest absolute Gasteiger partial charge is 0.479 e. The quantitative estimate of drug-likeness (QED) is 0.329. The summed E-state index contributed by atoms with van der Waals surface area (Å²) in [6.45, 7) is 1.58. The summed E-state index contributed by atoms with van der Waals surface area (Å²) in [6, 6.07) is 16.0. The monoisotopic (exact) mass is 520 g/mol. The van der Waals surface area contributed by atoms with Gasteiger partial charge in [-0.2, -0.15) is 0 Å². The summed E-state index contributed by atoms with van der Waals surface area (Å²) in [4.78, 5) is 12.7. The fourth-order valence-electron chi connectivity index (χ4n) is 3.85. The molecule has 1 aliphatic rings. The van der Waals surface area contributed by atoms with Gasteiger partial charge in [0.1, 0.15) is 11.4 Å². The van der Waals surface area contributed by atoms with Crippen LogP contribution in [0.25, 0.3) is 0 Å². The average molecular weight is 521 g/mol. The van der Waals surface area contributed by atoms with Gasteiger partial charge in [0.05, 0.1) is 10.6 Å². The van der Waals surface area contributed by atoms with Crippen LogP contribution in [0.15, 0.2) is 65.6 Å². The van der Waals surface area contributed by atoms with Crippen molar-refractivity contribution in [3.63, 3.8) is 0 Å². The normalized spacial score (nSPS) is 14.6. The Bertz CT molecular complexity index is 1330. The Balaban J connectivity index is 1.41. The first-order valence-electron chi connectivity index (χ1n) is 10.9. The van der Waals surface area contributed by atoms with Crippen LogP contribution >= 0.6 is 23.2 Å². The number of hydrogen-bond donors (Lipinski definition) is 0. The van der Waals surface area contributed by atoms with E-state index in [2.05, 4.69) is 0 Å². The van der Waals surface area contributed by atoms with E-state index in [9.17, 15) is 17.6 Å². The molecule has 0 atom stereocenters. The first-order valence-corrected chi connectivity index (χ1v) is 13.3. The fraction of sp³-hybridized carbons (Fsp3) is 0.269. The summed E-state index contributed by atoms with van der Waals surface area (Å²) in [7, 11) is -3.28. The molecule has 0 bridgehead atoms. The second-order valence-electron chi connectivity index (χ2n) is 8.42. The lowest BCUT2D eigenvalue weighted by Gasteiger charge is -2.20. The van der Waals surface area contributed by atoms with Crippen molar-refractivity contribution in [1.82, 2.24) is 0 Å². The van der Waals surface area contributed by atoms with Crippen LogP contribution in [0.3, 0.4) is 0 Å². The first-order chi connectivity index (χ1) is 16.1.